The van der Waals surface area contributed by atoms with Crippen molar-refractivity contribution >= 4 is 21.6 Å². The summed E-state index contributed by atoms with van der Waals surface area (Å²) < 4.78 is 33.0. The van der Waals surface area contributed by atoms with Crippen LogP contribution in [0.1, 0.15) is 17.5 Å². The van der Waals surface area contributed by atoms with Crippen LogP contribution in [0.4, 0.5) is 5.69 Å². The predicted octanol–water partition coefficient (Wildman–Crippen LogP) is 2.47. The normalized spacial score (nSPS) is 13.8. The van der Waals surface area contributed by atoms with Gasteiger partial charge in [0, 0.05) is 20.6 Å². The van der Waals surface area contributed by atoms with Crippen LogP contribution >= 0.6 is 0 Å². The number of hydrogen-bond acceptors (Lipinski definition) is 4. The number of nitrogens with zero attached hydrogens (tertiary/aromatic N) is 2. The third kappa shape index (κ3) is 3.93. The lowest BCUT2D eigenvalue weighted by molar-refractivity contribution is -0.127. The maximum atomic E-state index is 13.2. The Morgan fingerprint density at radius 3 is 2.48 bits per heavy atom. The van der Waals surface area contributed by atoms with E-state index in [1.54, 1.807) is 57.6 Å². The maximum absolute atomic E-state index is 13.2. The van der Waals surface area contributed by atoms with Crippen LogP contribution in [0, 0.1) is 0 Å². The lowest BCUT2D eigenvalue weighted by atomic mass is 10.0. The van der Waals surface area contributed by atoms with E-state index in [1.165, 1.54) is 9.21 Å². The summed E-state index contributed by atoms with van der Waals surface area (Å²) in [5.41, 5.74) is 2.46. The van der Waals surface area contributed by atoms with Crippen molar-refractivity contribution in [2.75, 3.05) is 32.1 Å². The van der Waals surface area contributed by atoms with Crippen molar-refractivity contribution in [1.29, 1.82) is 0 Å². The highest BCUT2D eigenvalue weighted by Gasteiger charge is 2.29. The summed E-state index contributed by atoms with van der Waals surface area (Å²) in [7, 11) is 1.34. The molecule has 0 N–H and O–H groups in total. The number of amides is 1. The Morgan fingerprint density at radius 1 is 1.15 bits per heavy atom. The molecule has 1 heterocycles. The van der Waals surface area contributed by atoms with E-state index < -0.39 is 10.0 Å². The molecule has 2 aromatic rings. The van der Waals surface area contributed by atoms with E-state index in [1.807, 2.05) is 6.07 Å². The van der Waals surface area contributed by atoms with Gasteiger partial charge in [0.1, 0.15) is 5.75 Å². The first-order valence-electron chi connectivity index (χ1n) is 8.81. The minimum atomic E-state index is -3.66. The van der Waals surface area contributed by atoms with Gasteiger partial charge in [0.25, 0.3) is 10.0 Å². The smallest absolute Gasteiger partial charge is 0.264 e. The zero-order chi connectivity index (χ0) is 19.6. The van der Waals surface area contributed by atoms with Gasteiger partial charge in [-0.05, 0) is 54.3 Å². The Labute approximate surface area is 160 Å². The second-order valence-corrected chi connectivity index (χ2v) is 8.65. The van der Waals surface area contributed by atoms with Crippen LogP contribution in [0.5, 0.6) is 5.75 Å². The van der Waals surface area contributed by atoms with Gasteiger partial charge in [-0.1, -0.05) is 12.1 Å². The predicted molar refractivity (Wildman–Crippen MR) is 105 cm³/mol. The average molecular weight is 388 g/mol. The molecule has 0 saturated heterocycles. The third-order valence-corrected chi connectivity index (χ3v) is 6.56. The zero-order valence-electron chi connectivity index (χ0n) is 15.8. The van der Waals surface area contributed by atoms with E-state index in [9.17, 15) is 13.2 Å². The summed E-state index contributed by atoms with van der Waals surface area (Å²) in [6.45, 7) is 0.447. The van der Waals surface area contributed by atoms with Gasteiger partial charge in [-0.3, -0.25) is 9.10 Å². The van der Waals surface area contributed by atoms with Crippen LogP contribution in [0.15, 0.2) is 47.4 Å². The molecule has 0 saturated carbocycles. The summed E-state index contributed by atoms with van der Waals surface area (Å²) in [6.07, 6.45) is 1.83. The summed E-state index contributed by atoms with van der Waals surface area (Å²) in [5, 5.41) is 0. The standard InChI is InChI=1S/C20H24N2O4S/c1-21(2)20(23)13-15-6-9-18(10-7-15)27(24,25)22-12-4-5-16-14-17(26-3)8-11-19(16)22/h6-11,14H,4-5,12-13H2,1-3H3. The van der Waals surface area contributed by atoms with Gasteiger partial charge >= 0.3 is 0 Å². The van der Waals surface area contributed by atoms with Gasteiger partial charge in [-0.2, -0.15) is 0 Å². The number of sulfonamides is 1. The number of hydrogen-bond donors (Lipinski definition) is 0. The van der Waals surface area contributed by atoms with Gasteiger partial charge in [-0.25, -0.2) is 8.42 Å². The SMILES string of the molecule is COc1ccc2c(c1)CCCN2S(=O)(=O)c1ccc(CC(=O)N(C)C)cc1. The molecule has 1 aliphatic heterocycles. The molecule has 1 amide bonds. The Kier molecular flexibility index (Phi) is 5.41. The van der Waals surface area contributed by atoms with Crippen molar-refractivity contribution in [3.63, 3.8) is 0 Å². The van der Waals surface area contributed by atoms with Gasteiger partial charge in [-0.15, -0.1) is 0 Å². The first kappa shape index (κ1) is 19.2. The van der Waals surface area contributed by atoms with Crippen LogP contribution in [0.25, 0.3) is 0 Å². The number of aryl methyl sites for hydroxylation is 1. The molecule has 6 nitrogen and oxygen atoms in total. The molecule has 27 heavy (non-hydrogen) atoms. The highest BCUT2D eigenvalue weighted by Crippen LogP contribution is 2.34. The number of methoxy groups -OCH3 is 1. The number of anilines is 1. The van der Waals surface area contributed by atoms with Crippen molar-refractivity contribution in [3.05, 3.63) is 53.6 Å². The first-order valence-corrected chi connectivity index (χ1v) is 10.3. The fourth-order valence-electron chi connectivity index (χ4n) is 3.15. The van der Waals surface area contributed by atoms with Gasteiger partial charge in [0.05, 0.1) is 24.1 Å². The molecule has 0 bridgehead atoms. The number of ether oxygens (including phenoxy) is 1. The van der Waals surface area contributed by atoms with Gasteiger partial charge < -0.3 is 9.64 Å². The molecule has 144 valence electrons. The van der Waals surface area contributed by atoms with Crippen LogP contribution in [-0.4, -0.2) is 47.0 Å². The number of fused-ring (bicyclic) bond motifs is 1. The molecule has 0 aromatic heterocycles. The van der Waals surface area contributed by atoms with E-state index in [0.717, 1.165) is 29.7 Å². The van der Waals surface area contributed by atoms with E-state index in [0.29, 0.717) is 12.2 Å². The molecule has 7 heteroatoms. The summed E-state index contributed by atoms with van der Waals surface area (Å²) in [6, 6.07) is 12.0. The molecular weight excluding hydrogens is 364 g/mol. The quantitative estimate of drug-likeness (QED) is 0.789. The molecule has 0 unspecified atom stereocenters. The van der Waals surface area contributed by atoms with E-state index in [2.05, 4.69) is 0 Å². The summed E-state index contributed by atoms with van der Waals surface area (Å²) >= 11 is 0. The Hall–Kier alpha value is -2.54. The maximum Gasteiger partial charge on any atom is 0.264 e. The van der Waals surface area contributed by atoms with Crippen molar-refractivity contribution < 1.29 is 17.9 Å². The Balaban J connectivity index is 1.88. The van der Waals surface area contributed by atoms with E-state index in [4.69, 9.17) is 4.74 Å². The average Bonchev–Trinajstić information content (AvgIpc) is 2.67. The number of likely N-dealkylation sites (N-methyl/N-ethyl adjacent to an activating group) is 1. The largest absolute Gasteiger partial charge is 0.497 e. The Morgan fingerprint density at radius 2 is 1.85 bits per heavy atom. The van der Waals surface area contributed by atoms with Crippen molar-refractivity contribution in [2.24, 2.45) is 0 Å². The van der Waals surface area contributed by atoms with Crippen LogP contribution in [0.3, 0.4) is 0 Å². The van der Waals surface area contributed by atoms with Crippen LogP contribution in [-0.2, 0) is 27.7 Å². The molecule has 2 aromatic carbocycles. The lowest BCUT2D eigenvalue weighted by Gasteiger charge is -2.30. The van der Waals surface area contributed by atoms with E-state index in [-0.39, 0.29) is 17.2 Å². The zero-order valence-corrected chi connectivity index (χ0v) is 16.6. The number of carbonyl (C=O) groups is 1. The highest BCUT2D eigenvalue weighted by molar-refractivity contribution is 7.92. The topological polar surface area (TPSA) is 66.9 Å². The van der Waals surface area contributed by atoms with Crippen molar-refractivity contribution in [2.45, 2.75) is 24.2 Å². The lowest BCUT2D eigenvalue weighted by Crippen LogP contribution is -2.35. The number of benzene rings is 2. The molecule has 0 atom stereocenters. The molecule has 0 fully saturated rings. The molecule has 0 spiro atoms. The first-order chi connectivity index (χ1) is 12.8. The molecule has 3 rings (SSSR count). The van der Waals surface area contributed by atoms with E-state index >= 15 is 0 Å². The third-order valence-electron chi connectivity index (χ3n) is 4.73. The number of carbonyl (C=O) groups excluding carboxylic acids is 1. The minimum Gasteiger partial charge on any atom is -0.497 e. The second-order valence-electron chi connectivity index (χ2n) is 6.78. The van der Waals surface area contributed by atoms with Crippen LogP contribution < -0.4 is 9.04 Å². The number of rotatable bonds is 5. The molecule has 1 aliphatic rings. The minimum absolute atomic E-state index is 0.0236. The van der Waals surface area contributed by atoms with Gasteiger partial charge in [0.15, 0.2) is 0 Å². The monoisotopic (exact) mass is 388 g/mol. The fraction of sp³-hybridized carbons (Fsp3) is 0.350. The summed E-state index contributed by atoms with van der Waals surface area (Å²) in [4.78, 5) is 13.6. The van der Waals surface area contributed by atoms with Crippen LogP contribution in [0.2, 0.25) is 0 Å². The van der Waals surface area contributed by atoms with Gasteiger partial charge in [0.2, 0.25) is 5.91 Å². The fourth-order valence-corrected chi connectivity index (χ4v) is 4.70. The highest BCUT2D eigenvalue weighted by atomic mass is 32.2. The Bertz CT molecular complexity index is 937. The van der Waals surface area contributed by atoms with Crippen molar-refractivity contribution in [1.82, 2.24) is 4.90 Å². The second kappa shape index (κ2) is 7.60. The molecular formula is C20H24N2O4S. The molecule has 0 radical (unpaired) electrons. The summed E-state index contributed by atoms with van der Waals surface area (Å²) in [5.74, 6) is 0.701. The van der Waals surface area contributed by atoms with Crippen molar-refractivity contribution in [3.8, 4) is 5.75 Å². The molecule has 0 aliphatic carbocycles.